The molecule has 1 N–H and O–H groups in total. The molecule has 1 aromatic heterocycles. The van der Waals surface area contributed by atoms with E-state index in [0.29, 0.717) is 23.0 Å². The fraction of sp³-hybridized carbons (Fsp3) is 0.294. The van der Waals surface area contributed by atoms with E-state index in [4.69, 9.17) is 14.0 Å². The summed E-state index contributed by atoms with van der Waals surface area (Å²) in [7, 11) is 0. The van der Waals surface area contributed by atoms with Gasteiger partial charge in [0.2, 0.25) is 24.5 Å². The molecule has 0 saturated carbocycles. The van der Waals surface area contributed by atoms with Crippen molar-refractivity contribution >= 4 is 17.7 Å². The number of carbonyl (C=O) groups is 3. The summed E-state index contributed by atoms with van der Waals surface area (Å²) in [5, 5.41) is 6.53. The molecule has 1 aromatic carbocycles. The molecule has 134 valence electrons. The van der Waals surface area contributed by atoms with Gasteiger partial charge in [0.1, 0.15) is 12.2 Å². The minimum absolute atomic E-state index is 0.128. The highest BCUT2D eigenvalue weighted by Crippen LogP contribution is 2.35. The van der Waals surface area contributed by atoms with Crippen LogP contribution >= 0.6 is 0 Å². The van der Waals surface area contributed by atoms with Gasteiger partial charge in [0.25, 0.3) is 0 Å². The van der Waals surface area contributed by atoms with Crippen LogP contribution in [0.5, 0.6) is 11.5 Å². The van der Waals surface area contributed by atoms with Crippen molar-refractivity contribution in [2.24, 2.45) is 0 Å². The third-order valence-corrected chi connectivity index (χ3v) is 4.14. The van der Waals surface area contributed by atoms with E-state index in [0.717, 1.165) is 10.5 Å². The van der Waals surface area contributed by atoms with E-state index in [2.05, 4.69) is 10.5 Å². The number of aromatic nitrogens is 1. The highest BCUT2D eigenvalue weighted by Gasteiger charge is 2.30. The van der Waals surface area contributed by atoms with E-state index in [1.54, 1.807) is 18.2 Å². The topological polar surface area (TPSA) is 111 Å². The summed E-state index contributed by atoms with van der Waals surface area (Å²) in [6.07, 6.45) is 0.322. The number of ether oxygens (including phenoxy) is 2. The Hall–Kier alpha value is -3.36. The first kappa shape index (κ1) is 16.1. The Bertz CT molecular complexity index is 874. The third kappa shape index (κ3) is 3.10. The highest BCUT2D eigenvalue weighted by atomic mass is 16.7. The molecular weight excluding hydrogens is 342 g/mol. The van der Waals surface area contributed by atoms with Crippen molar-refractivity contribution < 1.29 is 28.4 Å². The normalized spacial score (nSPS) is 15.6. The lowest BCUT2D eigenvalue weighted by Crippen LogP contribution is -2.39. The smallest absolute Gasteiger partial charge is 0.240 e. The van der Waals surface area contributed by atoms with Gasteiger partial charge in [-0.15, -0.1) is 0 Å². The number of nitrogens with zero attached hydrogens (tertiary/aromatic N) is 2. The van der Waals surface area contributed by atoms with E-state index >= 15 is 0 Å². The van der Waals surface area contributed by atoms with Crippen LogP contribution < -0.4 is 14.8 Å². The Morgan fingerprint density at radius 3 is 2.69 bits per heavy atom. The number of likely N-dealkylation sites (tertiary alicyclic amines) is 1. The first-order valence-electron chi connectivity index (χ1n) is 8.05. The molecule has 3 amide bonds. The van der Waals surface area contributed by atoms with Crippen LogP contribution in [0.2, 0.25) is 0 Å². The monoisotopic (exact) mass is 357 g/mol. The number of amides is 3. The molecule has 0 aliphatic carbocycles. The molecule has 3 heterocycles. The third-order valence-electron chi connectivity index (χ3n) is 4.14. The minimum Gasteiger partial charge on any atom is -0.454 e. The number of benzene rings is 1. The van der Waals surface area contributed by atoms with E-state index in [9.17, 15) is 14.4 Å². The Kier molecular flexibility index (Phi) is 4.04. The largest absolute Gasteiger partial charge is 0.454 e. The van der Waals surface area contributed by atoms with Crippen LogP contribution in [0, 0.1) is 0 Å². The maximum atomic E-state index is 11.9. The van der Waals surface area contributed by atoms with Crippen molar-refractivity contribution in [3.63, 3.8) is 0 Å². The number of hydrogen-bond acceptors (Lipinski definition) is 7. The van der Waals surface area contributed by atoms with Crippen molar-refractivity contribution in [3.05, 3.63) is 30.0 Å². The Morgan fingerprint density at radius 1 is 1.12 bits per heavy atom. The molecule has 2 aliphatic heterocycles. The van der Waals surface area contributed by atoms with Crippen molar-refractivity contribution in [1.29, 1.82) is 0 Å². The van der Waals surface area contributed by atoms with Gasteiger partial charge in [0.15, 0.2) is 17.3 Å². The van der Waals surface area contributed by atoms with Gasteiger partial charge in [-0.1, -0.05) is 5.16 Å². The van der Waals surface area contributed by atoms with Crippen molar-refractivity contribution in [2.75, 3.05) is 13.3 Å². The molecule has 1 fully saturated rings. The fourth-order valence-electron chi connectivity index (χ4n) is 2.77. The van der Waals surface area contributed by atoms with Crippen LogP contribution in [0.25, 0.3) is 11.3 Å². The number of imide groups is 1. The first-order valence-corrected chi connectivity index (χ1v) is 8.05. The molecule has 0 atom stereocenters. The maximum Gasteiger partial charge on any atom is 0.240 e. The lowest BCUT2D eigenvalue weighted by Gasteiger charge is -2.12. The molecule has 26 heavy (non-hydrogen) atoms. The highest BCUT2D eigenvalue weighted by molar-refractivity contribution is 6.04. The summed E-state index contributed by atoms with van der Waals surface area (Å²) in [5.74, 6) is 0.757. The summed E-state index contributed by atoms with van der Waals surface area (Å²) in [4.78, 5) is 35.9. The van der Waals surface area contributed by atoms with Crippen LogP contribution in [0.1, 0.15) is 18.5 Å². The van der Waals surface area contributed by atoms with Crippen LogP contribution in [0.4, 0.5) is 0 Å². The first-order chi connectivity index (χ1) is 12.6. The van der Waals surface area contributed by atoms with Gasteiger partial charge in [-0.2, -0.15) is 0 Å². The van der Waals surface area contributed by atoms with Crippen LogP contribution in [-0.4, -0.2) is 41.1 Å². The van der Waals surface area contributed by atoms with Gasteiger partial charge in [-0.05, 0) is 18.2 Å². The van der Waals surface area contributed by atoms with Gasteiger partial charge in [0, 0.05) is 24.5 Å². The zero-order chi connectivity index (χ0) is 18.1. The molecular formula is C17H15N3O6. The number of fused-ring (bicyclic) bond motifs is 1. The van der Waals surface area contributed by atoms with Gasteiger partial charge in [-0.3, -0.25) is 19.3 Å². The van der Waals surface area contributed by atoms with Gasteiger partial charge in [0.05, 0.1) is 6.54 Å². The second kappa shape index (κ2) is 6.51. The molecule has 0 unspecified atom stereocenters. The Labute approximate surface area is 147 Å². The molecule has 0 radical (unpaired) electrons. The van der Waals surface area contributed by atoms with Crippen molar-refractivity contribution in [1.82, 2.24) is 15.4 Å². The van der Waals surface area contributed by atoms with E-state index in [1.807, 2.05) is 6.07 Å². The fourth-order valence-corrected chi connectivity index (χ4v) is 2.77. The van der Waals surface area contributed by atoms with Crippen molar-refractivity contribution in [2.45, 2.75) is 19.4 Å². The average Bonchev–Trinajstić information content (AvgIpc) is 3.35. The maximum absolute atomic E-state index is 11.9. The molecule has 2 aliphatic rings. The second-order valence-corrected chi connectivity index (χ2v) is 5.90. The van der Waals surface area contributed by atoms with E-state index in [-0.39, 0.29) is 44.5 Å². The standard InChI is InChI=1S/C17H15N3O6/c21-15(8-20-16(22)3-4-17(20)23)18-7-11-6-13(26-19-11)10-1-2-12-14(5-10)25-9-24-12/h1-2,5-6H,3-4,7-9H2,(H,18,21). The Balaban J connectivity index is 1.36. The summed E-state index contributed by atoms with van der Waals surface area (Å²) in [6, 6.07) is 7.09. The average molecular weight is 357 g/mol. The summed E-state index contributed by atoms with van der Waals surface area (Å²) in [6.45, 7) is 0.0438. The summed E-state index contributed by atoms with van der Waals surface area (Å²) >= 11 is 0. The van der Waals surface area contributed by atoms with Gasteiger partial charge >= 0.3 is 0 Å². The number of rotatable bonds is 5. The summed E-state index contributed by atoms with van der Waals surface area (Å²) < 4.78 is 15.9. The lowest BCUT2D eigenvalue weighted by atomic mass is 10.1. The quantitative estimate of drug-likeness (QED) is 0.789. The second-order valence-electron chi connectivity index (χ2n) is 5.90. The number of carbonyl (C=O) groups excluding carboxylic acids is 3. The van der Waals surface area contributed by atoms with Gasteiger partial charge in [-0.25, -0.2) is 0 Å². The van der Waals surface area contributed by atoms with E-state index < -0.39 is 5.91 Å². The lowest BCUT2D eigenvalue weighted by molar-refractivity contribution is -0.142. The minimum atomic E-state index is -0.429. The molecule has 4 rings (SSSR count). The summed E-state index contributed by atoms with van der Waals surface area (Å²) in [5.41, 5.74) is 1.29. The number of hydrogen-bond donors (Lipinski definition) is 1. The molecule has 0 bridgehead atoms. The van der Waals surface area contributed by atoms with Crippen LogP contribution in [0.3, 0.4) is 0 Å². The molecule has 2 aromatic rings. The predicted molar refractivity (Wildman–Crippen MR) is 85.9 cm³/mol. The zero-order valence-corrected chi connectivity index (χ0v) is 13.7. The van der Waals surface area contributed by atoms with Crippen LogP contribution in [0.15, 0.2) is 28.8 Å². The molecule has 9 heteroatoms. The van der Waals surface area contributed by atoms with E-state index in [1.165, 1.54) is 0 Å². The SMILES string of the molecule is O=C(CN1C(=O)CCC1=O)NCc1cc(-c2ccc3c(c2)OCO3)on1. The number of nitrogens with one attached hydrogen (secondary N) is 1. The van der Waals surface area contributed by atoms with Gasteiger partial charge < -0.3 is 19.3 Å². The Morgan fingerprint density at radius 2 is 1.88 bits per heavy atom. The molecule has 9 nitrogen and oxygen atoms in total. The molecule has 0 spiro atoms. The zero-order valence-electron chi connectivity index (χ0n) is 13.7. The van der Waals surface area contributed by atoms with Crippen LogP contribution in [-0.2, 0) is 20.9 Å². The van der Waals surface area contributed by atoms with Crippen molar-refractivity contribution in [3.8, 4) is 22.8 Å². The predicted octanol–water partition coefficient (Wildman–Crippen LogP) is 0.835. The molecule has 1 saturated heterocycles.